The second kappa shape index (κ2) is 7.41. The summed E-state index contributed by atoms with van der Waals surface area (Å²) >= 11 is 2.42. The van der Waals surface area contributed by atoms with Crippen molar-refractivity contribution in [3.63, 3.8) is 0 Å². The summed E-state index contributed by atoms with van der Waals surface area (Å²) in [6.07, 6.45) is 4.77. The Morgan fingerprint density at radius 2 is 2.04 bits per heavy atom. The standard InChI is InChI=1S/C16H13N3O3S2/c20-14(11-3-5-17-6-4-11)18-7-8-19-15(21)13(24-16(19)22)10-12-2-1-9-23-12/h1-6,9-10H,7-8H2,(H,18,20)/b13-10-. The molecule has 1 fully saturated rings. The van der Waals surface area contributed by atoms with Gasteiger partial charge in [0.2, 0.25) is 0 Å². The normalized spacial score (nSPS) is 16.0. The minimum absolute atomic E-state index is 0.142. The van der Waals surface area contributed by atoms with Crippen LogP contribution in [0.4, 0.5) is 4.79 Å². The van der Waals surface area contributed by atoms with E-state index in [4.69, 9.17) is 0 Å². The lowest BCUT2D eigenvalue weighted by Gasteiger charge is -2.12. The number of hydrogen-bond acceptors (Lipinski definition) is 6. The van der Waals surface area contributed by atoms with E-state index in [1.54, 1.807) is 18.2 Å². The maximum atomic E-state index is 12.3. The Kier molecular flexibility index (Phi) is 5.07. The van der Waals surface area contributed by atoms with Gasteiger partial charge in [0.25, 0.3) is 17.1 Å². The molecule has 122 valence electrons. The minimum Gasteiger partial charge on any atom is -0.350 e. The number of nitrogens with one attached hydrogen (secondary N) is 1. The Morgan fingerprint density at radius 3 is 2.75 bits per heavy atom. The third-order valence-electron chi connectivity index (χ3n) is 3.25. The van der Waals surface area contributed by atoms with Crippen molar-refractivity contribution in [1.82, 2.24) is 15.2 Å². The first-order valence-corrected chi connectivity index (χ1v) is 8.82. The third kappa shape index (κ3) is 3.72. The van der Waals surface area contributed by atoms with Crippen LogP contribution in [-0.4, -0.2) is 40.0 Å². The molecule has 0 saturated carbocycles. The van der Waals surface area contributed by atoms with E-state index < -0.39 is 0 Å². The summed E-state index contributed by atoms with van der Waals surface area (Å²) in [4.78, 5) is 42.5. The van der Waals surface area contributed by atoms with E-state index in [9.17, 15) is 14.4 Å². The van der Waals surface area contributed by atoms with Crippen molar-refractivity contribution in [2.24, 2.45) is 0 Å². The Hall–Kier alpha value is -2.45. The highest BCUT2D eigenvalue weighted by Crippen LogP contribution is 2.32. The Bertz CT molecular complexity index is 788. The molecule has 1 aliphatic rings. The van der Waals surface area contributed by atoms with Crippen LogP contribution in [-0.2, 0) is 4.79 Å². The van der Waals surface area contributed by atoms with Gasteiger partial charge in [-0.05, 0) is 41.4 Å². The first-order valence-electron chi connectivity index (χ1n) is 7.12. The quantitative estimate of drug-likeness (QED) is 0.830. The number of amides is 3. The summed E-state index contributed by atoms with van der Waals surface area (Å²) < 4.78 is 0. The molecule has 0 aromatic carbocycles. The van der Waals surface area contributed by atoms with Crippen LogP contribution in [0.25, 0.3) is 6.08 Å². The number of hydrogen-bond donors (Lipinski definition) is 1. The molecule has 6 nitrogen and oxygen atoms in total. The molecule has 0 aliphatic carbocycles. The molecule has 2 aromatic rings. The van der Waals surface area contributed by atoms with Gasteiger partial charge in [0, 0.05) is 35.9 Å². The maximum absolute atomic E-state index is 12.3. The number of aromatic nitrogens is 1. The van der Waals surface area contributed by atoms with Gasteiger partial charge in [-0.1, -0.05) is 6.07 Å². The number of thioether (sulfide) groups is 1. The first-order chi connectivity index (χ1) is 11.6. The predicted molar refractivity (Wildman–Crippen MR) is 93.6 cm³/mol. The molecule has 3 rings (SSSR count). The van der Waals surface area contributed by atoms with Gasteiger partial charge in [-0.2, -0.15) is 0 Å². The van der Waals surface area contributed by atoms with Crippen molar-refractivity contribution >= 4 is 46.2 Å². The minimum atomic E-state index is -0.323. The van der Waals surface area contributed by atoms with Gasteiger partial charge in [-0.3, -0.25) is 24.3 Å². The number of rotatable bonds is 5. The first kappa shape index (κ1) is 16.4. The summed E-state index contributed by atoms with van der Waals surface area (Å²) in [6, 6.07) is 6.96. The predicted octanol–water partition coefficient (Wildman–Crippen LogP) is 2.61. The average molecular weight is 359 g/mol. The van der Waals surface area contributed by atoms with Crippen molar-refractivity contribution in [2.45, 2.75) is 0 Å². The van der Waals surface area contributed by atoms with Gasteiger partial charge in [0.15, 0.2) is 0 Å². The second-order valence-electron chi connectivity index (χ2n) is 4.84. The molecule has 1 aliphatic heterocycles. The highest BCUT2D eigenvalue weighted by molar-refractivity contribution is 8.18. The molecule has 0 atom stereocenters. The molecule has 8 heteroatoms. The van der Waals surface area contributed by atoms with Gasteiger partial charge in [-0.25, -0.2) is 0 Å². The zero-order valence-electron chi connectivity index (χ0n) is 12.5. The highest BCUT2D eigenvalue weighted by atomic mass is 32.2. The molecule has 1 saturated heterocycles. The van der Waals surface area contributed by atoms with E-state index in [2.05, 4.69) is 10.3 Å². The molecule has 1 N–H and O–H groups in total. The van der Waals surface area contributed by atoms with Crippen LogP contribution in [0.5, 0.6) is 0 Å². The molecular weight excluding hydrogens is 346 g/mol. The van der Waals surface area contributed by atoms with E-state index in [-0.39, 0.29) is 30.1 Å². The number of carbonyl (C=O) groups is 3. The Labute approximate surface area is 146 Å². The molecule has 0 bridgehead atoms. The average Bonchev–Trinajstić information content (AvgIpc) is 3.19. The van der Waals surface area contributed by atoms with Crippen molar-refractivity contribution in [2.75, 3.05) is 13.1 Å². The fourth-order valence-corrected chi connectivity index (χ4v) is 3.67. The molecule has 2 aromatic heterocycles. The summed E-state index contributed by atoms with van der Waals surface area (Å²) in [6.45, 7) is 0.342. The number of nitrogens with zero attached hydrogens (tertiary/aromatic N) is 2. The van der Waals surface area contributed by atoms with Crippen molar-refractivity contribution < 1.29 is 14.4 Å². The smallest absolute Gasteiger partial charge is 0.293 e. The monoisotopic (exact) mass is 359 g/mol. The molecule has 0 spiro atoms. The number of thiophene rings is 1. The fourth-order valence-electron chi connectivity index (χ4n) is 2.08. The maximum Gasteiger partial charge on any atom is 0.293 e. The molecule has 0 radical (unpaired) electrons. The van der Waals surface area contributed by atoms with Gasteiger partial charge in [0.05, 0.1) is 4.91 Å². The lowest BCUT2D eigenvalue weighted by atomic mass is 10.2. The summed E-state index contributed by atoms with van der Waals surface area (Å²) in [7, 11) is 0. The van der Waals surface area contributed by atoms with Crippen LogP contribution in [0, 0.1) is 0 Å². The lowest BCUT2D eigenvalue weighted by Crippen LogP contribution is -2.37. The Morgan fingerprint density at radius 1 is 1.25 bits per heavy atom. The van der Waals surface area contributed by atoms with E-state index >= 15 is 0 Å². The third-order valence-corrected chi connectivity index (χ3v) is 4.98. The van der Waals surface area contributed by atoms with Gasteiger partial charge in [0.1, 0.15) is 0 Å². The second-order valence-corrected chi connectivity index (χ2v) is 6.81. The fraction of sp³-hybridized carbons (Fsp3) is 0.125. The van der Waals surface area contributed by atoms with Crippen LogP contribution in [0.3, 0.4) is 0 Å². The van der Waals surface area contributed by atoms with Crippen molar-refractivity contribution in [1.29, 1.82) is 0 Å². The number of imide groups is 1. The lowest BCUT2D eigenvalue weighted by molar-refractivity contribution is -0.122. The zero-order valence-corrected chi connectivity index (χ0v) is 14.1. The topological polar surface area (TPSA) is 79.4 Å². The van der Waals surface area contributed by atoms with Gasteiger partial charge < -0.3 is 5.32 Å². The van der Waals surface area contributed by atoms with Crippen LogP contribution in [0.15, 0.2) is 46.9 Å². The van der Waals surface area contributed by atoms with Gasteiger partial charge in [-0.15, -0.1) is 11.3 Å². The molecular formula is C16H13N3O3S2. The van der Waals surface area contributed by atoms with Crippen LogP contribution >= 0.6 is 23.1 Å². The van der Waals surface area contributed by atoms with Crippen molar-refractivity contribution in [3.05, 3.63) is 57.4 Å². The summed E-state index contributed by atoms with van der Waals surface area (Å²) in [5, 5.41) is 4.28. The largest absolute Gasteiger partial charge is 0.350 e. The summed E-state index contributed by atoms with van der Waals surface area (Å²) in [5.41, 5.74) is 0.483. The van der Waals surface area contributed by atoms with E-state index in [0.29, 0.717) is 10.5 Å². The highest BCUT2D eigenvalue weighted by Gasteiger charge is 2.34. The van der Waals surface area contributed by atoms with E-state index in [0.717, 1.165) is 21.5 Å². The molecule has 3 heterocycles. The molecule has 0 unspecified atom stereocenters. The number of pyridine rings is 1. The molecule has 24 heavy (non-hydrogen) atoms. The SMILES string of the molecule is O=C(NCCN1C(=O)S/C(=C\c2cccs2)C1=O)c1ccncc1. The van der Waals surface area contributed by atoms with Crippen LogP contribution in [0.1, 0.15) is 15.2 Å². The van der Waals surface area contributed by atoms with E-state index in [1.807, 2.05) is 17.5 Å². The van der Waals surface area contributed by atoms with E-state index in [1.165, 1.54) is 23.7 Å². The van der Waals surface area contributed by atoms with Gasteiger partial charge >= 0.3 is 0 Å². The molecule has 3 amide bonds. The summed E-state index contributed by atoms with van der Waals surface area (Å²) in [5.74, 6) is -0.588. The number of carbonyl (C=O) groups excluding carboxylic acids is 3. The Balaban J connectivity index is 1.57. The van der Waals surface area contributed by atoms with Crippen molar-refractivity contribution in [3.8, 4) is 0 Å². The zero-order chi connectivity index (χ0) is 16.9. The van der Waals surface area contributed by atoms with Crippen LogP contribution < -0.4 is 5.32 Å². The van der Waals surface area contributed by atoms with Crippen LogP contribution in [0.2, 0.25) is 0 Å².